The van der Waals surface area contributed by atoms with Crippen LogP contribution in [-0.4, -0.2) is 23.6 Å². The predicted molar refractivity (Wildman–Crippen MR) is 75.9 cm³/mol. The minimum atomic E-state index is -1.33. The van der Waals surface area contributed by atoms with Gasteiger partial charge in [-0.2, -0.15) is 0 Å². The van der Waals surface area contributed by atoms with Gasteiger partial charge in [-0.25, -0.2) is 18.0 Å². The van der Waals surface area contributed by atoms with Gasteiger partial charge in [-0.3, -0.25) is 10.5 Å². The molecule has 0 heterocycles. The Kier molecular flexibility index (Phi) is 6.00. The first kappa shape index (κ1) is 18.8. The van der Waals surface area contributed by atoms with Crippen LogP contribution in [0.1, 0.15) is 32.8 Å². The third kappa shape index (κ3) is 6.58. The van der Waals surface area contributed by atoms with Gasteiger partial charge in [0.2, 0.25) is 5.91 Å². The summed E-state index contributed by atoms with van der Waals surface area (Å²) < 4.78 is 44.8. The molecule has 0 aliphatic heterocycles. The highest BCUT2D eigenvalue weighted by Gasteiger charge is 2.22. The number of ether oxygens (including phenoxy) is 1. The molecule has 1 aromatic rings. The summed E-state index contributed by atoms with van der Waals surface area (Å²) in [6, 6.07) is 0.0647. The molecule has 8 heteroatoms. The number of carbonyl (C=O) groups is 2. The fraction of sp³-hybridized carbons (Fsp3) is 0.467. The molecule has 0 aliphatic rings. The Hall–Kier alpha value is -2.25. The minimum Gasteiger partial charge on any atom is -0.444 e. The molecule has 1 radical (unpaired) electrons. The molecule has 0 unspecified atom stereocenters. The molecule has 0 aromatic heterocycles. The van der Waals surface area contributed by atoms with E-state index in [0.29, 0.717) is 12.1 Å². The average molecular weight is 331 g/mol. The van der Waals surface area contributed by atoms with Crippen LogP contribution in [0.4, 0.5) is 18.0 Å². The van der Waals surface area contributed by atoms with E-state index in [1.807, 2.05) is 0 Å². The maximum atomic E-state index is 13.7. The number of carbonyl (C=O) groups excluding carboxylic acids is 2. The molecule has 1 aromatic carbocycles. The Morgan fingerprint density at radius 1 is 1.17 bits per heavy atom. The number of nitrogens with one attached hydrogen (secondary N) is 2. The molecule has 127 valence electrons. The molecule has 0 bridgehead atoms. The van der Waals surface area contributed by atoms with Crippen molar-refractivity contribution in [3.8, 4) is 0 Å². The van der Waals surface area contributed by atoms with Crippen molar-refractivity contribution in [2.24, 2.45) is 0 Å². The second-order valence-corrected chi connectivity index (χ2v) is 6.03. The lowest BCUT2D eigenvalue weighted by molar-refractivity contribution is -0.119. The summed E-state index contributed by atoms with van der Waals surface area (Å²) in [4.78, 5) is 22.7. The van der Waals surface area contributed by atoms with Crippen LogP contribution >= 0.6 is 0 Å². The molecule has 0 saturated carbocycles. The van der Waals surface area contributed by atoms with Crippen LogP contribution in [-0.2, 0) is 16.0 Å². The lowest BCUT2D eigenvalue weighted by atomic mass is 10.0. The van der Waals surface area contributed by atoms with Gasteiger partial charge in [-0.05, 0) is 38.8 Å². The molecule has 2 N–H and O–H groups in total. The number of hydrogen-bond acceptors (Lipinski definition) is 3. The van der Waals surface area contributed by atoms with Gasteiger partial charge >= 0.3 is 6.09 Å². The molecule has 0 aliphatic carbocycles. The monoisotopic (exact) mass is 331 g/mol. The Labute approximate surface area is 132 Å². The highest BCUT2D eigenvalue weighted by Crippen LogP contribution is 2.17. The Bertz CT molecular complexity index is 600. The Morgan fingerprint density at radius 2 is 1.74 bits per heavy atom. The van der Waals surface area contributed by atoms with Gasteiger partial charge in [0.15, 0.2) is 11.6 Å². The summed E-state index contributed by atoms with van der Waals surface area (Å²) in [5.41, 5.74) is 5.97. The van der Waals surface area contributed by atoms with Crippen LogP contribution in [0.3, 0.4) is 0 Å². The van der Waals surface area contributed by atoms with Gasteiger partial charge in [0.25, 0.3) is 0 Å². The third-order valence-corrected chi connectivity index (χ3v) is 2.71. The van der Waals surface area contributed by atoms with Crippen molar-refractivity contribution >= 4 is 12.0 Å². The first-order valence-corrected chi connectivity index (χ1v) is 6.85. The largest absolute Gasteiger partial charge is 0.444 e. The fourth-order valence-corrected chi connectivity index (χ4v) is 1.86. The average Bonchev–Trinajstić information content (AvgIpc) is 2.32. The van der Waals surface area contributed by atoms with E-state index < -0.39 is 47.5 Å². The molecular formula is C15H18F3N2O3. The maximum absolute atomic E-state index is 13.7. The van der Waals surface area contributed by atoms with Crippen LogP contribution < -0.4 is 11.1 Å². The van der Waals surface area contributed by atoms with E-state index in [1.54, 1.807) is 20.8 Å². The Balaban J connectivity index is 2.89. The summed E-state index contributed by atoms with van der Waals surface area (Å²) >= 11 is 0. The molecule has 1 rings (SSSR count). The number of amides is 2. The number of rotatable bonds is 5. The number of halogens is 3. The molecule has 5 nitrogen and oxygen atoms in total. The van der Waals surface area contributed by atoms with E-state index in [-0.39, 0.29) is 12.0 Å². The number of hydrogen-bond donors (Lipinski definition) is 1. The van der Waals surface area contributed by atoms with Crippen LogP contribution in [0.2, 0.25) is 0 Å². The Morgan fingerprint density at radius 3 is 2.26 bits per heavy atom. The zero-order valence-electron chi connectivity index (χ0n) is 13.0. The highest BCUT2D eigenvalue weighted by atomic mass is 19.2. The van der Waals surface area contributed by atoms with E-state index in [0.717, 1.165) is 0 Å². The van der Waals surface area contributed by atoms with E-state index in [2.05, 4.69) is 5.32 Å². The predicted octanol–water partition coefficient (Wildman–Crippen LogP) is 2.74. The van der Waals surface area contributed by atoms with Crippen molar-refractivity contribution in [2.45, 2.75) is 45.3 Å². The fourth-order valence-electron chi connectivity index (χ4n) is 1.86. The summed E-state index contributed by atoms with van der Waals surface area (Å²) in [6.07, 6.45) is -1.56. The van der Waals surface area contributed by atoms with Crippen molar-refractivity contribution in [1.82, 2.24) is 11.1 Å². The molecular weight excluding hydrogens is 313 g/mol. The van der Waals surface area contributed by atoms with Gasteiger partial charge in [0.05, 0.1) is 0 Å². The standard InChI is InChI=1S/C15H18F3N2O3/c1-15(2,3)23-14(22)20-9(6-13(19)21)4-8-5-11(17)12(18)7-10(8)16/h5,7,9,19H,4,6H2,1-3H3,(H,20,22)/t9-/m1/s1. The van der Waals surface area contributed by atoms with Crippen molar-refractivity contribution < 1.29 is 27.5 Å². The van der Waals surface area contributed by atoms with Crippen LogP contribution in [0, 0.1) is 17.5 Å². The molecule has 23 heavy (non-hydrogen) atoms. The zero-order chi connectivity index (χ0) is 17.8. The van der Waals surface area contributed by atoms with Gasteiger partial charge < -0.3 is 10.1 Å². The zero-order valence-corrected chi connectivity index (χ0v) is 13.0. The van der Waals surface area contributed by atoms with E-state index in [4.69, 9.17) is 10.5 Å². The first-order chi connectivity index (χ1) is 10.5. The SMILES string of the molecule is CC(C)(C)OC(=O)N[C@@H](CC([NH])=O)Cc1cc(F)c(F)cc1F. The second kappa shape index (κ2) is 7.34. The van der Waals surface area contributed by atoms with E-state index >= 15 is 0 Å². The topological polar surface area (TPSA) is 79.2 Å². The number of benzene rings is 1. The van der Waals surface area contributed by atoms with Crippen molar-refractivity contribution in [3.63, 3.8) is 0 Å². The lowest BCUT2D eigenvalue weighted by Crippen LogP contribution is -2.41. The van der Waals surface area contributed by atoms with E-state index in [9.17, 15) is 22.8 Å². The summed E-state index contributed by atoms with van der Waals surface area (Å²) in [6.45, 7) is 4.89. The van der Waals surface area contributed by atoms with Crippen LogP contribution in [0.25, 0.3) is 0 Å². The first-order valence-electron chi connectivity index (χ1n) is 6.85. The van der Waals surface area contributed by atoms with Gasteiger partial charge in [0.1, 0.15) is 11.4 Å². The summed E-state index contributed by atoms with van der Waals surface area (Å²) in [5.74, 6) is -4.57. The van der Waals surface area contributed by atoms with Gasteiger partial charge in [-0.15, -0.1) is 0 Å². The molecule has 1 atom stereocenters. The van der Waals surface area contributed by atoms with Crippen molar-refractivity contribution in [2.75, 3.05) is 0 Å². The molecule has 2 amide bonds. The van der Waals surface area contributed by atoms with E-state index in [1.165, 1.54) is 0 Å². The highest BCUT2D eigenvalue weighted by molar-refractivity contribution is 5.75. The van der Waals surface area contributed by atoms with Crippen molar-refractivity contribution in [1.29, 1.82) is 0 Å². The quantitative estimate of drug-likeness (QED) is 0.843. The normalized spacial score (nSPS) is 12.6. The molecule has 0 fully saturated rings. The van der Waals surface area contributed by atoms with Crippen molar-refractivity contribution in [3.05, 3.63) is 35.1 Å². The van der Waals surface area contributed by atoms with Crippen LogP contribution in [0.15, 0.2) is 12.1 Å². The van der Waals surface area contributed by atoms with Crippen LogP contribution in [0.5, 0.6) is 0 Å². The van der Waals surface area contributed by atoms with Gasteiger partial charge in [-0.1, -0.05) is 0 Å². The molecule has 0 spiro atoms. The summed E-state index contributed by atoms with van der Waals surface area (Å²) in [5, 5.41) is 2.33. The second-order valence-electron chi connectivity index (χ2n) is 6.03. The minimum absolute atomic E-state index is 0.216. The lowest BCUT2D eigenvalue weighted by Gasteiger charge is -2.23. The summed E-state index contributed by atoms with van der Waals surface area (Å²) in [7, 11) is 0. The smallest absolute Gasteiger partial charge is 0.407 e. The maximum Gasteiger partial charge on any atom is 0.407 e. The van der Waals surface area contributed by atoms with Gasteiger partial charge in [0, 0.05) is 18.5 Å². The number of alkyl carbamates (subject to hydrolysis) is 1. The molecule has 0 saturated heterocycles. The third-order valence-electron chi connectivity index (χ3n) is 2.71.